The van der Waals surface area contributed by atoms with Gasteiger partial charge in [0.1, 0.15) is 0 Å². The Morgan fingerprint density at radius 1 is 1.05 bits per heavy atom. The fourth-order valence-electron chi connectivity index (χ4n) is 3.92. The SMILES string of the molecule is C[Si](C)(C)CC1=C(S(=O)(=O)c2ccccc2)[C@@H]2CC[C@H]1C2. The molecule has 4 heteroatoms. The highest BCUT2D eigenvalue weighted by Crippen LogP contribution is 2.53. The molecule has 1 saturated carbocycles. The van der Waals surface area contributed by atoms with Crippen molar-refractivity contribution in [1.82, 2.24) is 0 Å². The summed E-state index contributed by atoms with van der Waals surface area (Å²) in [7, 11) is -4.59. The zero-order valence-corrected chi connectivity index (χ0v) is 14.9. The Kier molecular flexibility index (Phi) is 3.65. The van der Waals surface area contributed by atoms with E-state index in [-0.39, 0.29) is 5.92 Å². The maximum absolute atomic E-state index is 13.1. The molecule has 0 spiro atoms. The van der Waals surface area contributed by atoms with Crippen LogP contribution < -0.4 is 0 Å². The molecule has 21 heavy (non-hydrogen) atoms. The predicted molar refractivity (Wildman–Crippen MR) is 89.6 cm³/mol. The number of allylic oxidation sites excluding steroid dienone is 2. The average molecular weight is 321 g/mol. The number of rotatable bonds is 4. The average Bonchev–Trinajstić information content (AvgIpc) is 2.98. The van der Waals surface area contributed by atoms with Gasteiger partial charge in [-0.05, 0) is 49.3 Å². The quantitative estimate of drug-likeness (QED) is 0.766. The van der Waals surface area contributed by atoms with Crippen molar-refractivity contribution in [2.75, 3.05) is 0 Å². The van der Waals surface area contributed by atoms with Crippen LogP contribution in [0.15, 0.2) is 45.7 Å². The highest BCUT2D eigenvalue weighted by molar-refractivity contribution is 7.95. The molecule has 2 bridgehead atoms. The molecule has 0 N–H and O–H groups in total. The molecule has 1 fully saturated rings. The lowest BCUT2D eigenvalue weighted by Crippen LogP contribution is -2.24. The van der Waals surface area contributed by atoms with Crippen molar-refractivity contribution in [2.24, 2.45) is 11.8 Å². The third kappa shape index (κ3) is 2.76. The minimum absolute atomic E-state index is 0.284. The first-order chi connectivity index (χ1) is 9.79. The lowest BCUT2D eigenvalue weighted by molar-refractivity contribution is 0.586. The molecule has 1 aromatic rings. The molecule has 0 amide bonds. The summed E-state index contributed by atoms with van der Waals surface area (Å²) in [4.78, 5) is 1.27. The Labute approximate surface area is 129 Å². The van der Waals surface area contributed by atoms with Crippen LogP contribution in [0.2, 0.25) is 25.7 Å². The molecule has 0 heterocycles. The molecular formula is C17H24O2SSi. The number of hydrogen-bond donors (Lipinski definition) is 0. The minimum atomic E-state index is -3.29. The van der Waals surface area contributed by atoms with E-state index >= 15 is 0 Å². The third-order valence-corrected chi connectivity index (χ3v) is 8.19. The highest BCUT2D eigenvalue weighted by atomic mass is 32.2. The Balaban J connectivity index is 2.09. The largest absolute Gasteiger partial charge is 0.219 e. The van der Waals surface area contributed by atoms with Crippen LogP contribution in [0.25, 0.3) is 0 Å². The molecule has 0 aromatic heterocycles. The van der Waals surface area contributed by atoms with E-state index in [1.165, 1.54) is 12.0 Å². The fourth-order valence-corrected chi connectivity index (χ4v) is 7.68. The number of benzene rings is 1. The van der Waals surface area contributed by atoms with Crippen LogP contribution in [0.1, 0.15) is 19.3 Å². The van der Waals surface area contributed by atoms with Crippen LogP contribution in [-0.4, -0.2) is 16.5 Å². The van der Waals surface area contributed by atoms with Crippen LogP contribution in [0.3, 0.4) is 0 Å². The van der Waals surface area contributed by atoms with Gasteiger partial charge in [-0.15, -0.1) is 0 Å². The van der Waals surface area contributed by atoms with E-state index in [0.717, 1.165) is 23.8 Å². The van der Waals surface area contributed by atoms with E-state index in [9.17, 15) is 8.42 Å². The minimum Gasteiger partial charge on any atom is -0.219 e. The van der Waals surface area contributed by atoms with Crippen LogP contribution in [0, 0.1) is 11.8 Å². The first-order valence-corrected chi connectivity index (χ1v) is 13.0. The fraction of sp³-hybridized carbons (Fsp3) is 0.529. The van der Waals surface area contributed by atoms with Gasteiger partial charge >= 0.3 is 0 Å². The molecule has 2 nitrogen and oxygen atoms in total. The second kappa shape index (κ2) is 5.09. The van der Waals surface area contributed by atoms with Crippen LogP contribution in [0.4, 0.5) is 0 Å². The van der Waals surface area contributed by atoms with Gasteiger partial charge in [0, 0.05) is 8.07 Å². The summed E-state index contributed by atoms with van der Waals surface area (Å²) >= 11 is 0. The van der Waals surface area contributed by atoms with E-state index in [1.54, 1.807) is 12.1 Å². The molecule has 0 radical (unpaired) electrons. The Bertz CT molecular complexity index is 668. The standard InChI is InChI=1S/C17H24O2SSi/c1-21(2,3)12-16-13-9-10-14(11-13)17(16)20(18,19)15-7-5-4-6-8-15/h4-8,13-14H,9-12H2,1-3H3/t13-,14+/m0/s1. The Morgan fingerprint density at radius 3 is 2.29 bits per heavy atom. The zero-order valence-electron chi connectivity index (χ0n) is 13.1. The van der Waals surface area contributed by atoms with Crippen molar-refractivity contribution >= 4 is 17.9 Å². The van der Waals surface area contributed by atoms with Crippen LogP contribution in [0.5, 0.6) is 0 Å². The number of sulfone groups is 1. The second-order valence-electron chi connectivity index (χ2n) is 7.65. The van der Waals surface area contributed by atoms with E-state index in [4.69, 9.17) is 0 Å². The lowest BCUT2D eigenvalue weighted by Gasteiger charge is -2.25. The molecule has 3 rings (SSSR count). The number of hydrogen-bond acceptors (Lipinski definition) is 2. The summed E-state index contributed by atoms with van der Waals surface area (Å²) in [6.07, 6.45) is 3.32. The van der Waals surface area contributed by atoms with Crippen molar-refractivity contribution in [2.45, 2.75) is 49.8 Å². The normalized spacial score (nSPS) is 25.7. The lowest BCUT2D eigenvalue weighted by atomic mass is 10.00. The second-order valence-corrected chi connectivity index (χ2v) is 15.0. The summed E-state index contributed by atoms with van der Waals surface area (Å²) in [6.45, 7) is 7.00. The molecule has 0 unspecified atom stereocenters. The highest BCUT2D eigenvalue weighted by Gasteiger charge is 2.45. The summed E-state index contributed by atoms with van der Waals surface area (Å²) in [5.74, 6) is 0.821. The molecule has 2 aliphatic carbocycles. The van der Waals surface area contributed by atoms with E-state index in [2.05, 4.69) is 19.6 Å². The van der Waals surface area contributed by atoms with E-state index < -0.39 is 17.9 Å². The van der Waals surface area contributed by atoms with Crippen LogP contribution >= 0.6 is 0 Å². The zero-order chi connectivity index (χ0) is 15.3. The van der Waals surface area contributed by atoms with Crippen molar-refractivity contribution in [3.8, 4) is 0 Å². The maximum atomic E-state index is 13.1. The first-order valence-electron chi connectivity index (χ1n) is 7.82. The molecule has 114 valence electrons. The summed E-state index contributed by atoms with van der Waals surface area (Å²) < 4.78 is 26.2. The van der Waals surface area contributed by atoms with Gasteiger partial charge in [0.2, 0.25) is 9.84 Å². The molecule has 2 atom stereocenters. The smallest absolute Gasteiger partial charge is 0.203 e. The van der Waals surface area contributed by atoms with Gasteiger partial charge in [0.25, 0.3) is 0 Å². The van der Waals surface area contributed by atoms with Gasteiger partial charge in [-0.1, -0.05) is 43.4 Å². The Hall–Kier alpha value is -0.873. The van der Waals surface area contributed by atoms with E-state index in [1.807, 2.05) is 18.2 Å². The van der Waals surface area contributed by atoms with Crippen molar-refractivity contribution in [3.05, 3.63) is 40.8 Å². The van der Waals surface area contributed by atoms with E-state index in [0.29, 0.717) is 10.8 Å². The summed E-state index contributed by atoms with van der Waals surface area (Å²) in [5, 5.41) is 0. The van der Waals surface area contributed by atoms with Gasteiger partial charge in [0.05, 0.1) is 9.80 Å². The van der Waals surface area contributed by atoms with Gasteiger partial charge in [-0.2, -0.15) is 0 Å². The summed E-state index contributed by atoms with van der Waals surface area (Å²) in [5.41, 5.74) is 1.29. The van der Waals surface area contributed by atoms with Gasteiger partial charge in [0.15, 0.2) is 0 Å². The molecule has 1 aromatic carbocycles. The van der Waals surface area contributed by atoms with Crippen LogP contribution in [-0.2, 0) is 9.84 Å². The predicted octanol–water partition coefficient (Wildman–Crippen LogP) is 4.48. The van der Waals surface area contributed by atoms with Crippen molar-refractivity contribution in [3.63, 3.8) is 0 Å². The van der Waals surface area contributed by atoms with Crippen molar-refractivity contribution < 1.29 is 8.42 Å². The van der Waals surface area contributed by atoms with Gasteiger partial charge in [-0.25, -0.2) is 8.42 Å². The topological polar surface area (TPSA) is 34.1 Å². The third-order valence-electron chi connectivity index (χ3n) is 4.68. The molecule has 0 saturated heterocycles. The molecular weight excluding hydrogens is 296 g/mol. The van der Waals surface area contributed by atoms with Gasteiger partial charge in [-0.3, -0.25) is 0 Å². The summed E-state index contributed by atoms with van der Waals surface area (Å²) in [6, 6.07) is 10.0. The molecule has 0 aliphatic heterocycles. The first kappa shape index (κ1) is 15.0. The monoisotopic (exact) mass is 320 g/mol. The Morgan fingerprint density at radius 2 is 1.67 bits per heavy atom. The number of fused-ring (bicyclic) bond motifs is 2. The van der Waals surface area contributed by atoms with Gasteiger partial charge < -0.3 is 0 Å². The van der Waals surface area contributed by atoms with Crippen molar-refractivity contribution in [1.29, 1.82) is 0 Å². The molecule has 2 aliphatic rings. The maximum Gasteiger partial charge on any atom is 0.203 e.